The summed E-state index contributed by atoms with van der Waals surface area (Å²) in [6.07, 6.45) is 1.64. The minimum Gasteiger partial charge on any atom is -0.366 e. The molecule has 6 heteroatoms. The van der Waals surface area contributed by atoms with Gasteiger partial charge in [0.2, 0.25) is 0 Å². The zero-order valence-corrected chi connectivity index (χ0v) is 15.2. The second-order valence-electron chi connectivity index (χ2n) is 6.10. The maximum Gasteiger partial charge on any atom is 0.255 e. The smallest absolute Gasteiger partial charge is 0.255 e. The van der Waals surface area contributed by atoms with Crippen LogP contribution in [0.2, 0.25) is 5.02 Å². The van der Waals surface area contributed by atoms with Crippen LogP contribution in [0.25, 0.3) is 0 Å². The van der Waals surface area contributed by atoms with E-state index in [2.05, 4.69) is 22.1 Å². The fourth-order valence-corrected chi connectivity index (χ4v) is 3.10. The summed E-state index contributed by atoms with van der Waals surface area (Å²) in [5.74, 6) is 0.785. The lowest BCUT2D eigenvalue weighted by Gasteiger charge is -2.34. The van der Waals surface area contributed by atoms with E-state index in [1.807, 2.05) is 41.3 Å². The summed E-state index contributed by atoms with van der Waals surface area (Å²) in [5.41, 5.74) is 1.65. The first-order valence-corrected chi connectivity index (χ1v) is 9.00. The molecule has 0 saturated carbocycles. The highest BCUT2D eigenvalue weighted by atomic mass is 35.5. The van der Waals surface area contributed by atoms with Crippen molar-refractivity contribution >= 4 is 23.3 Å². The largest absolute Gasteiger partial charge is 0.366 e. The van der Waals surface area contributed by atoms with Crippen molar-refractivity contribution in [1.29, 1.82) is 0 Å². The van der Waals surface area contributed by atoms with Gasteiger partial charge >= 0.3 is 0 Å². The molecule has 1 aliphatic heterocycles. The lowest BCUT2D eigenvalue weighted by atomic mass is 10.2. The zero-order valence-electron chi connectivity index (χ0n) is 14.4. The highest BCUT2D eigenvalue weighted by Gasteiger charge is 2.21. The van der Waals surface area contributed by atoms with E-state index in [4.69, 9.17) is 11.6 Å². The molecule has 2 aromatic rings. The van der Waals surface area contributed by atoms with Crippen molar-refractivity contribution in [2.75, 3.05) is 38.0 Å². The average molecular weight is 359 g/mol. The van der Waals surface area contributed by atoms with Crippen molar-refractivity contribution in [2.45, 2.75) is 13.5 Å². The molecule has 0 atom stereocenters. The maximum atomic E-state index is 12.6. The first-order valence-electron chi connectivity index (χ1n) is 8.62. The van der Waals surface area contributed by atoms with Crippen LogP contribution in [0.3, 0.4) is 0 Å². The number of carbonyl (C=O) groups excluding carboxylic acids is 1. The lowest BCUT2D eigenvalue weighted by Crippen LogP contribution is -2.48. The third kappa shape index (κ3) is 4.50. The Kier molecular flexibility index (Phi) is 5.89. The predicted octanol–water partition coefficient (Wildman–Crippen LogP) is 3.12. The average Bonchev–Trinajstić information content (AvgIpc) is 2.67. The fraction of sp³-hybridized carbons (Fsp3) is 0.368. The Balaban J connectivity index is 1.57. The van der Waals surface area contributed by atoms with Crippen molar-refractivity contribution in [3.63, 3.8) is 0 Å². The fourth-order valence-electron chi connectivity index (χ4n) is 2.90. The van der Waals surface area contributed by atoms with E-state index in [9.17, 15) is 4.79 Å². The van der Waals surface area contributed by atoms with Crippen molar-refractivity contribution in [3.05, 3.63) is 58.7 Å². The monoisotopic (exact) mass is 358 g/mol. The van der Waals surface area contributed by atoms with Gasteiger partial charge in [-0.25, -0.2) is 4.98 Å². The lowest BCUT2D eigenvalue weighted by molar-refractivity contribution is 0.0643. The highest BCUT2D eigenvalue weighted by Crippen LogP contribution is 2.17. The van der Waals surface area contributed by atoms with Crippen molar-refractivity contribution in [3.8, 4) is 0 Å². The number of anilines is 1. The van der Waals surface area contributed by atoms with E-state index in [1.165, 1.54) is 0 Å². The van der Waals surface area contributed by atoms with Crippen molar-refractivity contribution in [2.24, 2.45) is 0 Å². The van der Waals surface area contributed by atoms with Gasteiger partial charge < -0.3 is 15.1 Å². The Morgan fingerprint density at radius 2 is 1.92 bits per heavy atom. The normalized spacial score (nSPS) is 15.2. The summed E-state index contributed by atoms with van der Waals surface area (Å²) in [7, 11) is 0. The molecule has 1 saturated heterocycles. The van der Waals surface area contributed by atoms with Gasteiger partial charge in [0.05, 0.1) is 5.56 Å². The number of hydrogen-bond acceptors (Lipinski definition) is 4. The summed E-state index contributed by atoms with van der Waals surface area (Å²) in [6, 6.07) is 11.4. The Hall–Kier alpha value is -2.11. The van der Waals surface area contributed by atoms with Crippen LogP contribution >= 0.6 is 11.6 Å². The van der Waals surface area contributed by atoms with E-state index in [0.717, 1.165) is 49.1 Å². The van der Waals surface area contributed by atoms with E-state index < -0.39 is 0 Å². The number of rotatable bonds is 5. The summed E-state index contributed by atoms with van der Waals surface area (Å²) >= 11 is 6.15. The van der Waals surface area contributed by atoms with Gasteiger partial charge in [-0.1, -0.05) is 36.7 Å². The van der Waals surface area contributed by atoms with Gasteiger partial charge in [-0.15, -0.1) is 0 Å². The molecule has 1 aromatic carbocycles. The number of nitrogens with zero attached hydrogens (tertiary/aromatic N) is 3. The molecular weight excluding hydrogens is 336 g/mol. The number of halogens is 1. The number of carbonyl (C=O) groups is 1. The van der Waals surface area contributed by atoms with Crippen LogP contribution in [-0.2, 0) is 6.54 Å². The molecule has 25 heavy (non-hydrogen) atoms. The molecule has 1 amide bonds. The van der Waals surface area contributed by atoms with Crippen LogP contribution in [0.4, 0.5) is 5.82 Å². The number of likely N-dealkylation sites (N-methyl/N-ethyl adjacent to an activating group) is 1. The van der Waals surface area contributed by atoms with Crippen LogP contribution in [0, 0.1) is 0 Å². The van der Waals surface area contributed by atoms with Gasteiger partial charge in [-0.2, -0.15) is 0 Å². The molecule has 5 nitrogen and oxygen atoms in total. The van der Waals surface area contributed by atoms with Crippen LogP contribution in [-0.4, -0.2) is 53.4 Å². The SMILES string of the molecule is CCN1CCN(C(=O)c2ccc(NCc3ccccc3Cl)nc2)CC1. The molecule has 1 aliphatic rings. The van der Waals surface area contributed by atoms with Gasteiger partial charge in [0, 0.05) is 43.9 Å². The molecule has 1 N–H and O–H groups in total. The predicted molar refractivity (Wildman–Crippen MR) is 101 cm³/mol. The molecule has 0 aliphatic carbocycles. The van der Waals surface area contributed by atoms with Crippen molar-refractivity contribution in [1.82, 2.24) is 14.8 Å². The van der Waals surface area contributed by atoms with Gasteiger partial charge in [0.1, 0.15) is 5.82 Å². The minimum atomic E-state index is 0.0564. The molecule has 2 heterocycles. The number of benzene rings is 1. The minimum absolute atomic E-state index is 0.0564. The van der Waals surface area contributed by atoms with Crippen LogP contribution in [0.15, 0.2) is 42.6 Å². The number of pyridine rings is 1. The standard InChI is InChI=1S/C19H23ClN4O/c1-2-23-9-11-24(12-10-23)19(25)16-7-8-18(22-14-16)21-13-15-5-3-4-6-17(15)20/h3-8,14H,2,9-13H2,1H3,(H,21,22). The molecule has 1 fully saturated rings. The third-order valence-corrected chi connectivity index (χ3v) is 4.90. The molecule has 0 spiro atoms. The van der Waals surface area contributed by atoms with Gasteiger partial charge in [-0.05, 0) is 30.3 Å². The molecule has 0 unspecified atom stereocenters. The number of aromatic nitrogens is 1. The third-order valence-electron chi connectivity index (χ3n) is 4.53. The second kappa shape index (κ2) is 8.32. The first-order chi connectivity index (χ1) is 12.2. The first kappa shape index (κ1) is 17.7. The van der Waals surface area contributed by atoms with Gasteiger partial charge in [0.25, 0.3) is 5.91 Å². The molecule has 0 bridgehead atoms. The van der Waals surface area contributed by atoms with E-state index in [1.54, 1.807) is 6.20 Å². The Morgan fingerprint density at radius 1 is 1.16 bits per heavy atom. The maximum absolute atomic E-state index is 12.6. The summed E-state index contributed by atoms with van der Waals surface area (Å²) < 4.78 is 0. The summed E-state index contributed by atoms with van der Waals surface area (Å²) in [4.78, 5) is 21.2. The van der Waals surface area contributed by atoms with E-state index in [-0.39, 0.29) is 5.91 Å². The topological polar surface area (TPSA) is 48.5 Å². The Labute approximate surface area is 153 Å². The molecule has 3 rings (SSSR count). The van der Waals surface area contributed by atoms with Crippen LogP contribution < -0.4 is 5.32 Å². The number of nitrogens with one attached hydrogen (secondary N) is 1. The van der Waals surface area contributed by atoms with E-state index in [0.29, 0.717) is 12.1 Å². The Bertz CT molecular complexity index is 712. The quantitative estimate of drug-likeness (QED) is 0.892. The second-order valence-corrected chi connectivity index (χ2v) is 6.51. The van der Waals surface area contributed by atoms with Crippen LogP contribution in [0.1, 0.15) is 22.8 Å². The zero-order chi connectivity index (χ0) is 17.6. The van der Waals surface area contributed by atoms with Crippen LogP contribution in [0.5, 0.6) is 0 Å². The molecule has 0 radical (unpaired) electrons. The van der Waals surface area contributed by atoms with E-state index >= 15 is 0 Å². The van der Waals surface area contributed by atoms with Gasteiger partial charge in [-0.3, -0.25) is 4.79 Å². The molecule has 132 valence electrons. The molecular formula is C19H23ClN4O. The summed E-state index contributed by atoms with van der Waals surface area (Å²) in [5, 5.41) is 3.96. The number of hydrogen-bond donors (Lipinski definition) is 1. The molecule has 1 aromatic heterocycles. The number of piperazine rings is 1. The highest BCUT2D eigenvalue weighted by molar-refractivity contribution is 6.31. The number of amides is 1. The Morgan fingerprint density at radius 3 is 2.56 bits per heavy atom. The summed E-state index contributed by atoms with van der Waals surface area (Å²) in [6.45, 7) is 7.21. The van der Waals surface area contributed by atoms with Gasteiger partial charge in [0.15, 0.2) is 0 Å². The van der Waals surface area contributed by atoms with Crippen molar-refractivity contribution < 1.29 is 4.79 Å².